The number of hydrogen-bond donors (Lipinski definition) is 5. The molecule has 32 heavy (non-hydrogen) atoms. The number of primary amides is 1. The number of phenols is 1. The zero-order valence-corrected chi connectivity index (χ0v) is 19.8. The van der Waals surface area contributed by atoms with Crippen molar-refractivity contribution in [2.75, 3.05) is 14.1 Å². The number of carbonyl (C=O) groups excluding carboxylic acids is 3. The Labute approximate surface area is 197 Å². The van der Waals surface area contributed by atoms with Gasteiger partial charge in [0.2, 0.25) is 5.78 Å². The van der Waals surface area contributed by atoms with Gasteiger partial charge >= 0.3 is 0 Å². The molecule has 170 valence electrons. The molecule has 4 rings (SSSR count). The summed E-state index contributed by atoms with van der Waals surface area (Å²) < 4.78 is 0.485. The molecule has 1 saturated carbocycles. The summed E-state index contributed by atoms with van der Waals surface area (Å²) in [5.74, 6) is -6.39. The summed E-state index contributed by atoms with van der Waals surface area (Å²) in [5.41, 5.74) is 3.33. The van der Waals surface area contributed by atoms with Gasteiger partial charge in [0, 0.05) is 11.5 Å². The first kappa shape index (κ1) is 22.7. The number of nitrogens with two attached hydrogens (primary N) is 1. The monoisotopic (exact) mass is 554 g/mol. The van der Waals surface area contributed by atoms with E-state index >= 15 is 0 Å². The van der Waals surface area contributed by atoms with Crippen LogP contribution in [0.25, 0.3) is 5.76 Å². The second kappa shape index (κ2) is 7.29. The smallest absolute Gasteiger partial charge is 0.255 e. The van der Waals surface area contributed by atoms with Crippen LogP contribution < -0.4 is 5.73 Å². The SMILES string of the molecule is Cc1cc(I)c(O)c2c1C[C@H]1C[C@H]3[C@H](N(C)C)C(=O)C(C(N)=O)=C(O)[C@@]3(O)C(=O)C1=C2O. The molecule has 4 atom stereocenters. The first-order valence-electron chi connectivity index (χ1n) is 9.99. The number of halogens is 1. The fourth-order valence-corrected chi connectivity index (χ4v) is 6.19. The number of Topliss-reactive ketones (excluding diaryl/α,β-unsaturated/α-hetero) is 2. The Morgan fingerprint density at radius 1 is 1.25 bits per heavy atom. The van der Waals surface area contributed by atoms with Crippen molar-refractivity contribution in [2.24, 2.45) is 17.6 Å². The number of aryl methyl sites for hydroxylation is 1. The molecule has 1 amide bonds. The summed E-state index contributed by atoms with van der Waals surface area (Å²) in [6, 6.07) is 0.688. The average Bonchev–Trinajstić information content (AvgIpc) is 2.68. The highest BCUT2D eigenvalue weighted by Gasteiger charge is 2.64. The second-order valence-electron chi connectivity index (χ2n) is 8.84. The van der Waals surface area contributed by atoms with Crippen LogP contribution in [0.2, 0.25) is 0 Å². The number of benzene rings is 1. The van der Waals surface area contributed by atoms with Gasteiger partial charge in [0.05, 0.1) is 15.2 Å². The number of aliphatic hydroxyl groups excluding tert-OH is 2. The molecule has 0 radical (unpaired) electrons. The summed E-state index contributed by atoms with van der Waals surface area (Å²) in [4.78, 5) is 40.1. The van der Waals surface area contributed by atoms with E-state index in [-0.39, 0.29) is 23.3 Å². The highest BCUT2D eigenvalue weighted by Crippen LogP contribution is 2.53. The van der Waals surface area contributed by atoms with Crippen molar-refractivity contribution in [3.8, 4) is 5.75 Å². The molecule has 9 nitrogen and oxygen atoms in total. The van der Waals surface area contributed by atoms with Crippen molar-refractivity contribution in [1.29, 1.82) is 0 Å². The molecule has 6 N–H and O–H groups in total. The van der Waals surface area contributed by atoms with Crippen molar-refractivity contribution in [3.63, 3.8) is 0 Å². The third-order valence-electron chi connectivity index (χ3n) is 6.90. The summed E-state index contributed by atoms with van der Waals surface area (Å²) in [6.45, 7) is 1.83. The maximum Gasteiger partial charge on any atom is 0.255 e. The fraction of sp³-hybridized carbons (Fsp3) is 0.409. The molecule has 0 aliphatic heterocycles. The number of nitrogens with zero attached hydrogens (tertiary/aromatic N) is 1. The third kappa shape index (κ3) is 2.78. The van der Waals surface area contributed by atoms with Gasteiger partial charge in [0.25, 0.3) is 5.91 Å². The predicted octanol–water partition coefficient (Wildman–Crippen LogP) is 0.877. The van der Waals surface area contributed by atoms with E-state index in [4.69, 9.17) is 5.73 Å². The highest BCUT2D eigenvalue weighted by molar-refractivity contribution is 14.1. The number of fused-ring (bicyclic) bond motifs is 3. The number of phenolic OH excluding ortho intramolecular Hbond substituents is 1. The maximum atomic E-state index is 13.6. The Bertz CT molecular complexity index is 1170. The number of aromatic hydroxyl groups is 1. The van der Waals surface area contributed by atoms with Crippen LogP contribution in [-0.2, 0) is 20.8 Å². The number of ketones is 2. The lowest BCUT2D eigenvalue weighted by molar-refractivity contribution is -0.153. The van der Waals surface area contributed by atoms with Gasteiger partial charge in [-0.2, -0.15) is 0 Å². The number of likely N-dealkylation sites (N-methyl/N-ethyl adjacent to an activating group) is 1. The molecular weight excluding hydrogens is 531 g/mol. The van der Waals surface area contributed by atoms with E-state index in [1.54, 1.807) is 20.2 Å². The van der Waals surface area contributed by atoms with Crippen molar-refractivity contribution in [1.82, 2.24) is 4.90 Å². The number of hydrogen-bond acceptors (Lipinski definition) is 8. The van der Waals surface area contributed by atoms with Crippen LogP contribution in [0.15, 0.2) is 23.0 Å². The van der Waals surface area contributed by atoms with Crippen LogP contribution in [0, 0.1) is 22.3 Å². The largest absolute Gasteiger partial charge is 0.508 e. The number of amides is 1. The van der Waals surface area contributed by atoms with Crippen LogP contribution in [-0.4, -0.2) is 68.5 Å². The first-order valence-corrected chi connectivity index (χ1v) is 11.1. The number of carbonyl (C=O) groups is 3. The topological polar surface area (TPSA) is 161 Å². The molecule has 0 unspecified atom stereocenters. The van der Waals surface area contributed by atoms with Crippen LogP contribution in [0.3, 0.4) is 0 Å². The molecule has 0 aromatic heterocycles. The van der Waals surface area contributed by atoms with Crippen molar-refractivity contribution < 1.29 is 34.8 Å². The molecule has 0 bridgehead atoms. The van der Waals surface area contributed by atoms with E-state index in [1.807, 2.05) is 29.5 Å². The van der Waals surface area contributed by atoms with E-state index in [9.17, 15) is 34.8 Å². The molecule has 3 aliphatic rings. The quantitative estimate of drug-likeness (QED) is 0.266. The minimum absolute atomic E-state index is 0.0813. The lowest BCUT2D eigenvalue weighted by Crippen LogP contribution is -2.65. The first-order chi connectivity index (χ1) is 14.8. The van der Waals surface area contributed by atoms with Crippen LogP contribution in [0.4, 0.5) is 0 Å². The van der Waals surface area contributed by atoms with Crippen molar-refractivity contribution >= 4 is 45.8 Å². The summed E-state index contributed by atoms with van der Waals surface area (Å²) in [7, 11) is 3.13. The third-order valence-corrected chi connectivity index (χ3v) is 7.72. The number of aliphatic hydroxyl groups is 3. The molecule has 0 heterocycles. The van der Waals surface area contributed by atoms with Gasteiger partial charge in [-0.15, -0.1) is 0 Å². The lowest BCUT2D eigenvalue weighted by atomic mass is 9.57. The Morgan fingerprint density at radius 2 is 1.88 bits per heavy atom. The van der Waals surface area contributed by atoms with Gasteiger partial charge in [0.1, 0.15) is 22.8 Å². The zero-order chi connectivity index (χ0) is 23.9. The van der Waals surface area contributed by atoms with Crippen LogP contribution in [0.5, 0.6) is 5.75 Å². The van der Waals surface area contributed by atoms with Gasteiger partial charge in [0.15, 0.2) is 11.4 Å². The maximum absolute atomic E-state index is 13.6. The Hall–Kier alpha value is -2.44. The minimum Gasteiger partial charge on any atom is -0.508 e. The van der Waals surface area contributed by atoms with Gasteiger partial charge < -0.3 is 26.2 Å². The van der Waals surface area contributed by atoms with Gasteiger partial charge in [-0.3, -0.25) is 19.3 Å². The Morgan fingerprint density at radius 3 is 2.44 bits per heavy atom. The molecule has 1 fully saturated rings. The average molecular weight is 554 g/mol. The van der Waals surface area contributed by atoms with Gasteiger partial charge in [-0.25, -0.2) is 0 Å². The molecular formula is C22H23IN2O7. The molecule has 1 aromatic carbocycles. The zero-order valence-electron chi connectivity index (χ0n) is 17.6. The molecule has 1 aromatic rings. The summed E-state index contributed by atoms with van der Waals surface area (Å²) in [6.07, 6.45) is 0.378. The standard InChI is InChI=1S/C22H23IN2O7/c1-7-4-11(23)16(26)13-9(7)5-8-6-10-15(25(2)3)18(28)14(21(24)31)20(30)22(10,32)19(29)12(8)17(13)27/h4,8,10,15,26-27,30,32H,5-6H2,1-3H3,(H2,24,31)/t8-,10-,15-,22-/m0/s1. The molecule has 0 saturated heterocycles. The number of rotatable bonds is 2. The predicted molar refractivity (Wildman–Crippen MR) is 122 cm³/mol. The summed E-state index contributed by atoms with van der Waals surface area (Å²) >= 11 is 1.92. The van der Waals surface area contributed by atoms with Crippen molar-refractivity contribution in [3.05, 3.63) is 43.2 Å². The second-order valence-corrected chi connectivity index (χ2v) is 10.0. The van der Waals surface area contributed by atoms with E-state index in [2.05, 4.69) is 0 Å². The van der Waals surface area contributed by atoms with E-state index in [0.717, 1.165) is 5.56 Å². The Kier molecular flexibility index (Phi) is 5.18. The Balaban J connectivity index is 2.00. The van der Waals surface area contributed by atoms with Crippen molar-refractivity contribution in [2.45, 2.75) is 31.4 Å². The van der Waals surface area contributed by atoms with Crippen LogP contribution in [0.1, 0.15) is 23.1 Å². The highest BCUT2D eigenvalue weighted by atomic mass is 127. The van der Waals surface area contributed by atoms with E-state index in [0.29, 0.717) is 15.6 Å². The molecule has 10 heteroatoms. The fourth-order valence-electron chi connectivity index (χ4n) is 5.46. The lowest BCUT2D eigenvalue weighted by Gasteiger charge is -2.50. The van der Waals surface area contributed by atoms with E-state index in [1.165, 1.54) is 4.90 Å². The van der Waals surface area contributed by atoms with E-state index < -0.39 is 58.0 Å². The van der Waals surface area contributed by atoms with Crippen LogP contribution >= 0.6 is 22.6 Å². The molecule has 0 spiro atoms. The minimum atomic E-state index is -2.61. The van der Waals surface area contributed by atoms with Gasteiger partial charge in [-0.1, -0.05) is 0 Å². The summed E-state index contributed by atoms with van der Waals surface area (Å²) in [5, 5.41) is 43.9. The van der Waals surface area contributed by atoms with Gasteiger partial charge in [-0.05, 0) is 79.6 Å². The molecule has 3 aliphatic carbocycles. The normalized spacial score (nSPS) is 29.8.